The van der Waals surface area contributed by atoms with Crippen LogP contribution < -0.4 is 4.74 Å². The van der Waals surface area contributed by atoms with E-state index in [0.29, 0.717) is 6.61 Å². The van der Waals surface area contributed by atoms with Crippen molar-refractivity contribution in [2.75, 3.05) is 6.61 Å². The summed E-state index contributed by atoms with van der Waals surface area (Å²) < 4.78 is 5.76. The van der Waals surface area contributed by atoms with Gasteiger partial charge in [0.25, 0.3) is 0 Å². The second kappa shape index (κ2) is 6.10. The lowest BCUT2D eigenvalue weighted by atomic mass is 9.87. The quantitative estimate of drug-likeness (QED) is 0.888. The highest BCUT2D eigenvalue weighted by Gasteiger charge is 2.28. The van der Waals surface area contributed by atoms with Gasteiger partial charge >= 0.3 is 0 Å². The average molecular weight is 270 g/mol. The highest BCUT2D eigenvalue weighted by molar-refractivity contribution is 5.44. The Morgan fingerprint density at radius 2 is 1.85 bits per heavy atom. The molecule has 0 radical (unpaired) electrons. The fourth-order valence-electron chi connectivity index (χ4n) is 2.31. The Labute approximate surface area is 121 Å². The van der Waals surface area contributed by atoms with E-state index in [9.17, 15) is 5.11 Å². The Morgan fingerprint density at radius 1 is 1.10 bits per heavy atom. The molecule has 2 aromatic rings. The number of rotatable bonds is 5. The van der Waals surface area contributed by atoms with Gasteiger partial charge in [0.15, 0.2) is 0 Å². The van der Waals surface area contributed by atoms with Crippen LogP contribution in [0.5, 0.6) is 5.75 Å². The minimum absolute atomic E-state index is 0.654. The fourth-order valence-corrected chi connectivity index (χ4v) is 2.31. The topological polar surface area (TPSA) is 29.5 Å². The van der Waals surface area contributed by atoms with Gasteiger partial charge in [0.05, 0.1) is 6.61 Å². The van der Waals surface area contributed by atoms with Gasteiger partial charge in [0.1, 0.15) is 11.4 Å². The van der Waals surface area contributed by atoms with Gasteiger partial charge in [0.2, 0.25) is 0 Å². The van der Waals surface area contributed by atoms with Crippen LogP contribution in [0.1, 0.15) is 37.0 Å². The monoisotopic (exact) mass is 270 g/mol. The number of benzene rings is 2. The molecule has 2 rings (SSSR count). The molecule has 0 saturated carbocycles. The Bertz CT molecular complexity index is 573. The summed E-state index contributed by atoms with van der Waals surface area (Å²) in [6.07, 6.45) is 0.945. The molecule has 0 amide bonds. The molecular weight excluding hydrogens is 248 g/mol. The molecule has 0 saturated heterocycles. The molecule has 0 aliphatic heterocycles. The van der Waals surface area contributed by atoms with Crippen molar-refractivity contribution in [1.82, 2.24) is 0 Å². The lowest BCUT2D eigenvalue weighted by Gasteiger charge is -2.27. The first kappa shape index (κ1) is 14.6. The molecule has 106 valence electrons. The van der Waals surface area contributed by atoms with Gasteiger partial charge in [-0.1, -0.05) is 55.0 Å². The zero-order valence-electron chi connectivity index (χ0n) is 12.4. The molecule has 20 heavy (non-hydrogen) atoms. The van der Waals surface area contributed by atoms with Gasteiger partial charge in [-0.25, -0.2) is 0 Å². The molecule has 1 unspecified atom stereocenters. The predicted molar refractivity (Wildman–Crippen MR) is 82.1 cm³/mol. The molecule has 0 aromatic heterocycles. The highest BCUT2D eigenvalue weighted by atomic mass is 16.5. The number of ether oxygens (including phenoxy) is 1. The third kappa shape index (κ3) is 3.02. The summed E-state index contributed by atoms with van der Waals surface area (Å²) in [6.45, 7) is 6.57. The maximum absolute atomic E-state index is 11.0. The van der Waals surface area contributed by atoms with Crippen molar-refractivity contribution in [1.29, 1.82) is 0 Å². The third-order valence-electron chi connectivity index (χ3n) is 3.45. The first-order valence-electron chi connectivity index (χ1n) is 7.07. The number of aliphatic hydroxyl groups is 1. The van der Waals surface area contributed by atoms with Crippen molar-refractivity contribution in [3.63, 3.8) is 0 Å². The van der Waals surface area contributed by atoms with E-state index in [1.807, 2.05) is 62.4 Å². The Balaban J connectivity index is 2.43. The molecule has 2 aromatic carbocycles. The first-order chi connectivity index (χ1) is 9.55. The maximum atomic E-state index is 11.0. The maximum Gasteiger partial charge on any atom is 0.125 e. The normalized spacial score (nSPS) is 13.8. The summed E-state index contributed by atoms with van der Waals surface area (Å²) in [6, 6.07) is 15.6. The summed E-state index contributed by atoms with van der Waals surface area (Å²) in [5, 5.41) is 11.0. The molecule has 0 aliphatic rings. The minimum atomic E-state index is -1.06. The van der Waals surface area contributed by atoms with Crippen LogP contribution in [0.3, 0.4) is 0 Å². The highest BCUT2D eigenvalue weighted by Crippen LogP contribution is 2.35. The van der Waals surface area contributed by atoms with E-state index in [1.54, 1.807) is 0 Å². The molecule has 0 spiro atoms. The Morgan fingerprint density at radius 3 is 2.55 bits per heavy atom. The molecule has 0 heterocycles. The van der Waals surface area contributed by atoms with Gasteiger partial charge in [0, 0.05) is 5.56 Å². The molecule has 1 N–H and O–H groups in total. The van der Waals surface area contributed by atoms with Crippen molar-refractivity contribution >= 4 is 0 Å². The van der Waals surface area contributed by atoms with Crippen molar-refractivity contribution in [2.24, 2.45) is 0 Å². The largest absolute Gasteiger partial charge is 0.493 e. The summed E-state index contributed by atoms with van der Waals surface area (Å²) in [7, 11) is 0. The van der Waals surface area contributed by atoms with E-state index in [0.717, 1.165) is 28.9 Å². The first-order valence-corrected chi connectivity index (χ1v) is 7.07. The summed E-state index contributed by atoms with van der Waals surface area (Å²) >= 11 is 0. The number of aryl methyl sites for hydroxylation is 1. The predicted octanol–water partition coefficient (Wildman–Crippen LogP) is 4.04. The van der Waals surface area contributed by atoms with Crippen molar-refractivity contribution in [3.8, 4) is 5.75 Å². The van der Waals surface area contributed by atoms with E-state index >= 15 is 0 Å². The van der Waals surface area contributed by atoms with Crippen LogP contribution in [-0.2, 0) is 5.60 Å². The van der Waals surface area contributed by atoms with Crippen molar-refractivity contribution in [3.05, 3.63) is 65.2 Å². The van der Waals surface area contributed by atoms with Gasteiger partial charge in [-0.15, -0.1) is 0 Å². The molecule has 2 heteroatoms. The Kier molecular flexibility index (Phi) is 4.46. The van der Waals surface area contributed by atoms with E-state index in [1.165, 1.54) is 0 Å². The fraction of sp³-hybridized carbons (Fsp3) is 0.333. The van der Waals surface area contributed by atoms with E-state index in [2.05, 4.69) is 6.92 Å². The summed E-state index contributed by atoms with van der Waals surface area (Å²) in [4.78, 5) is 0. The number of hydrogen-bond donors (Lipinski definition) is 1. The SMILES string of the molecule is CCCOc1ccccc1C(C)(O)c1cccc(C)c1. The molecule has 0 aliphatic carbocycles. The van der Waals surface area contributed by atoms with Crippen LogP contribution in [0.4, 0.5) is 0 Å². The van der Waals surface area contributed by atoms with Crippen molar-refractivity contribution < 1.29 is 9.84 Å². The molecule has 0 bridgehead atoms. The van der Waals surface area contributed by atoms with Gasteiger partial charge in [-0.05, 0) is 31.9 Å². The Hall–Kier alpha value is -1.80. The number of hydrogen-bond acceptors (Lipinski definition) is 2. The standard InChI is InChI=1S/C18H22O2/c1-4-12-20-17-11-6-5-10-16(17)18(3,19)15-9-7-8-14(2)13-15/h5-11,13,19H,4,12H2,1-3H3. The van der Waals surface area contributed by atoms with Crippen LogP contribution >= 0.6 is 0 Å². The minimum Gasteiger partial charge on any atom is -0.493 e. The van der Waals surface area contributed by atoms with Crippen LogP contribution in [0.25, 0.3) is 0 Å². The van der Waals surface area contributed by atoms with Crippen LogP contribution in [0.2, 0.25) is 0 Å². The van der Waals surface area contributed by atoms with Gasteiger partial charge < -0.3 is 9.84 Å². The second-order valence-electron chi connectivity index (χ2n) is 5.29. The molecule has 2 nitrogen and oxygen atoms in total. The zero-order valence-corrected chi connectivity index (χ0v) is 12.4. The van der Waals surface area contributed by atoms with E-state index < -0.39 is 5.60 Å². The van der Waals surface area contributed by atoms with Crippen LogP contribution in [-0.4, -0.2) is 11.7 Å². The lowest BCUT2D eigenvalue weighted by molar-refractivity contribution is 0.0977. The second-order valence-corrected chi connectivity index (χ2v) is 5.29. The van der Waals surface area contributed by atoms with E-state index in [4.69, 9.17) is 4.74 Å². The molecule has 0 fully saturated rings. The van der Waals surface area contributed by atoms with Gasteiger partial charge in [-0.2, -0.15) is 0 Å². The van der Waals surface area contributed by atoms with Gasteiger partial charge in [-0.3, -0.25) is 0 Å². The van der Waals surface area contributed by atoms with Crippen molar-refractivity contribution in [2.45, 2.75) is 32.8 Å². The lowest BCUT2D eigenvalue weighted by Crippen LogP contribution is -2.24. The van der Waals surface area contributed by atoms with Crippen LogP contribution in [0.15, 0.2) is 48.5 Å². The molecular formula is C18H22O2. The smallest absolute Gasteiger partial charge is 0.125 e. The zero-order chi connectivity index (χ0) is 14.6. The summed E-state index contributed by atoms with van der Waals surface area (Å²) in [5.74, 6) is 0.751. The summed E-state index contributed by atoms with van der Waals surface area (Å²) in [5.41, 5.74) is 1.76. The molecule has 1 atom stereocenters. The van der Waals surface area contributed by atoms with Crippen LogP contribution in [0, 0.1) is 6.92 Å². The third-order valence-corrected chi connectivity index (χ3v) is 3.45. The number of para-hydroxylation sites is 1. The average Bonchev–Trinajstić information content (AvgIpc) is 2.45. The van der Waals surface area contributed by atoms with E-state index in [-0.39, 0.29) is 0 Å².